The van der Waals surface area contributed by atoms with Gasteiger partial charge in [0.15, 0.2) is 15.3 Å². The normalized spacial score (nSPS) is 32.8. The SMILES string of the molecule is O=S(=O)(CCc1ccccc1)[C@H]1O[C@H](CO)[C@@H](O)[C@H](O)[C@@H]1O. The van der Waals surface area contributed by atoms with E-state index in [1.165, 1.54) is 0 Å². The predicted molar refractivity (Wildman–Crippen MR) is 77.7 cm³/mol. The molecule has 1 aromatic rings. The Hall–Kier alpha value is -1.03. The smallest absolute Gasteiger partial charge is 0.187 e. The van der Waals surface area contributed by atoms with Crippen LogP contribution in [0.25, 0.3) is 0 Å². The highest BCUT2D eigenvalue weighted by Crippen LogP contribution is 2.25. The molecule has 0 spiro atoms. The van der Waals surface area contributed by atoms with E-state index in [9.17, 15) is 23.7 Å². The number of aliphatic hydroxyl groups excluding tert-OH is 4. The summed E-state index contributed by atoms with van der Waals surface area (Å²) < 4.78 is 29.7. The summed E-state index contributed by atoms with van der Waals surface area (Å²) in [6, 6.07) is 8.95. The maximum absolute atomic E-state index is 12.3. The number of hydrogen-bond donors (Lipinski definition) is 4. The summed E-state index contributed by atoms with van der Waals surface area (Å²) in [6.45, 7) is -0.657. The third-order valence-corrected chi connectivity index (χ3v) is 5.59. The topological polar surface area (TPSA) is 124 Å². The van der Waals surface area contributed by atoms with Gasteiger partial charge >= 0.3 is 0 Å². The van der Waals surface area contributed by atoms with Gasteiger partial charge in [-0.25, -0.2) is 8.42 Å². The van der Waals surface area contributed by atoms with Gasteiger partial charge in [-0.15, -0.1) is 0 Å². The Labute approximate surface area is 128 Å². The molecule has 0 amide bonds. The third kappa shape index (κ3) is 3.65. The van der Waals surface area contributed by atoms with Gasteiger partial charge in [0.05, 0.1) is 12.4 Å². The highest BCUT2D eigenvalue weighted by atomic mass is 32.2. The summed E-state index contributed by atoms with van der Waals surface area (Å²) >= 11 is 0. The third-order valence-electron chi connectivity index (χ3n) is 3.72. The van der Waals surface area contributed by atoms with Crippen LogP contribution in [0.15, 0.2) is 30.3 Å². The second-order valence-corrected chi connectivity index (χ2v) is 7.50. The molecule has 1 saturated heterocycles. The van der Waals surface area contributed by atoms with Gasteiger partial charge < -0.3 is 25.2 Å². The zero-order chi connectivity index (χ0) is 16.3. The van der Waals surface area contributed by atoms with E-state index in [-0.39, 0.29) is 12.2 Å². The quantitative estimate of drug-likeness (QED) is 0.514. The van der Waals surface area contributed by atoms with E-state index < -0.39 is 46.3 Å². The zero-order valence-electron chi connectivity index (χ0n) is 11.8. The van der Waals surface area contributed by atoms with Crippen molar-refractivity contribution in [3.63, 3.8) is 0 Å². The van der Waals surface area contributed by atoms with Crippen LogP contribution in [0.5, 0.6) is 0 Å². The van der Waals surface area contributed by atoms with Gasteiger partial charge in [-0.3, -0.25) is 0 Å². The minimum Gasteiger partial charge on any atom is -0.394 e. The average Bonchev–Trinajstić information content (AvgIpc) is 2.52. The lowest BCUT2D eigenvalue weighted by atomic mass is 10.0. The first-order chi connectivity index (χ1) is 10.4. The number of sulfone groups is 1. The van der Waals surface area contributed by atoms with Gasteiger partial charge in [-0.2, -0.15) is 0 Å². The number of ether oxygens (including phenoxy) is 1. The van der Waals surface area contributed by atoms with Crippen molar-refractivity contribution >= 4 is 9.84 Å². The maximum atomic E-state index is 12.3. The largest absolute Gasteiger partial charge is 0.394 e. The molecule has 4 N–H and O–H groups in total. The number of rotatable bonds is 5. The Morgan fingerprint density at radius 2 is 1.64 bits per heavy atom. The van der Waals surface area contributed by atoms with Crippen molar-refractivity contribution in [2.75, 3.05) is 12.4 Å². The highest BCUT2D eigenvalue weighted by molar-refractivity contribution is 7.91. The number of aliphatic hydroxyl groups is 4. The van der Waals surface area contributed by atoms with E-state index in [2.05, 4.69) is 0 Å². The van der Waals surface area contributed by atoms with Gasteiger partial charge in [-0.05, 0) is 12.0 Å². The predicted octanol–water partition coefficient (Wildman–Crippen LogP) is -1.56. The van der Waals surface area contributed by atoms with Crippen LogP contribution in [0.2, 0.25) is 0 Å². The molecule has 0 aromatic heterocycles. The van der Waals surface area contributed by atoms with Crippen molar-refractivity contribution in [3.05, 3.63) is 35.9 Å². The summed E-state index contributed by atoms with van der Waals surface area (Å²) in [6.07, 6.45) is -6.02. The van der Waals surface area contributed by atoms with Gasteiger partial charge in [0, 0.05) is 0 Å². The van der Waals surface area contributed by atoms with Crippen molar-refractivity contribution in [2.45, 2.75) is 36.3 Å². The molecule has 8 heteroatoms. The molecule has 1 aliphatic heterocycles. The summed E-state index contributed by atoms with van der Waals surface area (Å²) in [7, 11) is -3.88. The Kier molecular flexibility index (Phi) is 5.54. The number of aryl methyl sites for hydroxylation is 1. The fourth-order valence-electron chi connectivity index (χ4n) is 2.39. The average molecular weight is 332 g/mol. The minimum absolute atomic E-state index is 0.234. The van der Waals surface area contributed by atoms with Gasteiger partial charge in [0.1, 0.15) is 24.4 Å². The first kappa shape index (κ1) is 17.3. The Balaban J connectivity index is 2.10. The second kappa shape index (κ2) is 7.03. The molecule has 2 rings (SSSR count). The molecule has 0 saturated carbocycles. The van der Waals surface area contributed by atoms with Gasteiger partial charge in [0.25, 0.3) is 0 Å². The van der Waals surface area contributed by atoms with E-state index in [4.69, 9.17) is 9.84 Å². The minimum atomic E-state index is -3.88. The molecule has 7 nitrogen and oxygen atoms in total. The maximum Gasteiger partial charge on any atom is 0.187 e. The summed E-state index contributed by atoms with van der Waals surface area (Å²) in [5.41, 5.74) is -0.859. The van der Waals surface area contributed by atoms with Crippen LogP contribution < -0.4 is 0 Å². The van der Waals surface area contributed by atoms with Crippen LogP contribution in [-0.2, 0) is 21.0 Å². The number of hydrogen-bond acceptors (Lipinski definition) is 7. The van der Waals surface area contributed by atoms with E-state index >= 15 is 0 Å². The first-order valence-corrected chi connectivity index (χ1v) is 8.64. The highest BCUT2D eigenvalue weighted by Gasteiger charge is 2.48. The molecule has 22 heavy (non-hydrogen) atoms. The molecular formula is C14H20O7S. The molecule has 1 aromatic carbocycles. The molecule has 5 atom stereocenters. The lowest BCUT2D eigenvalue weighted by Crippen LogP contribution is -2.60. The Morgan fingerprint density at radius 1 is 1.00 bits per heavy atom. The van der Waals surface area contributed by atoms with E-state index in [1.807, 2.05) is 6.07 Å². The molecule has 1 aliphatic rings. The molecule has 1 heterocycles. The van der Waals surface area contributed by atoms with Crippen LogP contribution in [0.1, 0.15) is 5.56 Å². The van der Waals surface area contributed by atoms with Crippen molar-refractivity contribution in [3.8, 4) is 0 Å². The lowest BCUT2D eigenvalue weighted by Gasteiger charge is -2.39. The Bertz CT molecular complexity index is 572. The summed E-state index contributed by atoms with van der Waals surface area (Å²) in [4.78, 5) is 0. The molecule has 1 fully saturated rings. The van der Waals surface area contributed by atoms with Gasteiger partial charge in [0.2, 0.25) is 0 Å². The Morgan fingerprint density at radius 3 is 2.23 bits per heavy atom. The standard InChI is InChI=1S/C14H20O7S/c15-8-10-11(16)12(17)13(18)14(21-10)22(19,20)7-6-9-4-2-1-3-5-9/h1-5,10-18H,6-8H2/t10-,11-,12+,13+,14-/m1/s1. The summed E-state index contributed by atoms with van der Waals surface area (Å²) in [5, 5.41) is 38.3. The van der Waals surface area contributed by atoms with Crippen LogP contribution in [0, 0.1) is 0 Å². The van der Waals surface area contributed by atoms with Gasteiger partial charge in [-0.1, -0.05) is 30.3 Å². The summed E-state index contributed by atoms with van der Waals surface area (Å²) in [5.74, 6) is -0.278. The van der Waals surface area contributed by atoms with Crippen molar-refractivity contribution in [2.24, 2.45) is 0 Å². The monoisotopic (exact) mass is 332 g/mol. The fraction of sp³-hybridized carbons (Fsp3) is 0.571. The van der Waals surface area contributed by atoms with Crippen LogP contribution in [-0.4, -0.2) is 71.1 Å². The van der Waals surface area contributed by atoms with E-state index in [0.717, 1.165) is 5.56 Å². The number of benzene rings is 1. The first-order valence-electron chi connectivity index (χ1n) is 6.93. The molecule has 124 valence electrons. The lowest BCUT2D eigenvalue weighted by molar-refractivity contribution is -0.207. The van der Waals surface area contributed by atoms with Crippen LogP contribution in [0.3, 0.4) is 0 Å². The molecule has 0 unspecified atom stereocenters. The van der Waals surface area contributed by atoms with Crippen LogP contribution >= 0.6 is 0 Å². The van der Waals surface area contributed by atoms with E-state index in [1.54, 1.807) is 24.3 Å². The molecule has 0 bridgehead atoms. The van der Waals surface area contributed by atoms with Crippen LogP contribution in [0.4, 0.5) is 0 Å². The zero-order valence-corrected chi connectivity index (χ0v) is 12.6. The molecular weight excluding hydrogens is 312 g/mol. The van der Waals surface area contributed by atoms with Crippen molar-refractivity contribution < 1.29 is 33.6 Å². The fourth-order valence-corrected chi connectivity index (χ4v) is 4.04. The second-order valence-electron chi connectivity index (χ2n) is 5.30. The van der Waals surface area contributed by atoms with Crippen molar-refractivity contribution in [1.82, 2.24) is 0 Å². The van der Waals surface area contributed by atoms with E-state index in [0.29, 0.717) is 0 Å². The molecule has 0 radical (unpaired) electrons. The molecule has 0 aliphatic carbocycles. The van der Waals surface area contributed by atoms with Crippen molar-refractivity contribution in [1.29, 1.82) is 0 Å².